The molecule has 0 fully saturated rings. The van der Waals surface area contributed by atoms with Gasteiger partial charge in [0.05, 0.1) is 11.6 Å². The third-order valence-electron chi connectivity index (χ3n) is 2.62. The molecular weight excluding hydrogens is 284 g/mol. The molecule has 6 heteroatoms. The molecule has 1 aromatic carbocycles. The number of aryl methyl sites for hydroxylation is 1. The summed E-state index contributed by atoms with van der Waals surface area (Å²) >= 11 is 1.45. The quantitative estimate of drug-likeness (QED) is 0.678. The van der Waals surface area contributed by atoms with Crippen LogP contribution in [0, 0.1) is 18.3 Å². The topological polar surface area (TPSA) is 78.7 Å². The number of nitrogens with one attached hydrogen (secondary N) is 1. The van der Waals surface area contributed by atoms with Gasteiger partial charge in [0, 0.05) is 30.3 Å². The fourth-order valence-corrected chi connectivity index (χ4v) is 2.27. The van der Waals surface area contributed by atoms with Crippen molar-refractivity contribution in [2.45, 2.75) is 18.5 Å². The number of thioether (sulfide) groups is 1. The Labute approximate surface area is 127 Å². The monoisotopic (exact) mass is 298 g/mol. The van der Waals surface area contributed by atoms with E-state index in [-0.39, 0.29) is 5.91 Å². The van der Waals surface area contributed by atoms with Crippen LogP contribution in [-0.4, -0.2) is 21.6 Å². The summed E-state index contributed by atoms with van der Waals surface area (Å²) in [6, 6.07) is 8.81. The van der Waals surface area contributed by atoms with Crippen LogP contribution in [0.1, 0.15) is 17.5 Å². The first kappa shape index (κ1) is 15.0. The summed E-state index contributed by atoms with van der Waals surface area (Å²) in [4.78, 5) is 20.1. The SMILES string of the molecule is Cc1cnc(SCCC(=O)Nc2ccc(C#N)cc2)nc1. The van der Waals surface area contributed by atoms with Gasteiger partial charge in [-0.1, -0.05) is 11.8 Å². The summed E-state index contributed by atoms with van der Waals surface area (Å²) in [5.74, 6) is 0.546. The van der Waals surface area contributed by atoms with Crippen LogP contribution in [0.25, 0.3) is 0 Å². The Morgan fingerprint density at radius 2 is 1.95 bits per heavy atom. The molecule has 0 saturated heterocycles. The van der Waals surface area contributed by atoms with Gasteiger partial charge in [-0.2, -0.15) is 5.26 Å². The van der Waals surface area contributed by atoms with Crippen molar-refractivity contribution in [1.29, 1.82) is 5.26 Å². The zero-order chi connectivity index (χ0) is 15.1. The second-order valence-electron chi connectivity index (χ2n) is 4.38. The maximum atomic E-state index is 11.8. The van der Waals surface area contributed by atoms with Crippen LogP contribution >= 0.6 is 11.8 Å². The van der Waals surface area contributed by atoms with Crippen LogP contribution in [0.2, 0.25) is 0 Å². The highest BCUT2D eigenvalue weighted by Gasteiger charge is 2.04. The van der Waals surface area contributed by atoms with E-state index in [1.54, 1.807) is 36.7 Å². The lowest BCUT2D eigenvalue weighted by Gasteiger charge is -2.04. The van der Waals surface area contributed by atoms with Crippen LogP contribution in [0.3, 0.4) is 0 Å². The third kappa shape index (κ3) is 4.89. The fourth-order valence-electron chi connectivity index (χ4n) is 1.54. The van der Waals surface area contributed by atoms with Crippen molar-refractivity contribution in [1.82, 2.24) is 9.97 Å². The van der Waals surface area contributed by atoms with E-state index in [1.165, 1.54) is 11.8 Å². The van der Waals surface area contributed by atoms with Gasteiger partial charge in [-0.15, -0.1) is 0 Å². The lowest BCUT2D eigenvalue weighted by Crippen LogP contribution is -2.12. The molecule has 1 heterocycles. The smallest absolute Gasteiger partial charge is 0.225 e. The molecule has 0 aliphatic rings. The van der Waals surface area contributed by atoms with E-state index in [0.29, 0.717) is 28.6 Å². The van der Waals surface area contributed by atoms with Crippen LogP contribution in [0.4, 0.5) is 5.69 Å². The van der Waals surface area contributed by atoms with E-state index in [4.69, 9.17) is 5.26 Å². The van der Waals surface area contributed by atoms with Crippen LogP contribution < -0.4 is 5.32 Å². The van der Waals surface area contributed by atoms with E-state index in [1.807, 2.05) is 13.0 Å². The lowest BCUT2D eigenvalue weighted by molar-refractivity contribution is -0.115. The number of aromatic nitrogens is 2. The zero-order valence-electron chi connectivity index (χ0n) is 11.5. The van der Waals surface area contributed by atoms with Crippen molar-refractivity contribution in [3.63, 3.8) is 0 Å². The van der Waals surface area contributed by atoms with Crippen molar-refractivity contribution >= 4 is 23.4 Å². The van der Waals surface area contributed by atoms with Gasteiger partial charge in [0.1, 0.15) is 0 Å². The number of nitriles is 1. The molecule has 2 rings (SSSR count). The van der Waals surface area contributed by atoms with Crippen molar-refractivity contribution in [2.24, 2.45) is 0 Å². The second kappa shape index (κ2) is 7.41. The summed E-state index contributed by atoms with van der Waals surface area (Å²) in [6.07, 6.45) is 3.89. The third-order valence-corrected chi connectivity index (χ3v) is 3.49. The van der Waals surface area contributed by atoms with E-state index in [2.05, 4.69) is 15.3 Å². The molecule has 0 aliphatic carbocycles. The lowest BCUT2D eigenvalue weighted by atomic mass is 10.2. The number of carbonyl (C=O) groups excluding carboxylic acids is 1. The summed E-state index contributed by atoms with van der Waals surface area (Å²) in [6.45, 7) is 1.93. The summed E-state index contributed by atoms with van der Waals surface area (Å²) in [5, 5.41) is 12.2. The van der Waals surface area contributed by atoms with E-state index in [0.717, 1.165) is 5.56 Å². The zero-order valence-corrected chi connectivity index (χ0v) is 12.4. The molecule has 5 nitrogen and oxygen atoms in total. The highest BCUT2D eigenvalue weighted by molar-refractivity contribution is 7.99. The van der Waals surface area contributed by atoms with Gasteiger partial charge in [-0.05, 0) is 36.8 Å². The number of hydrogen-bond donors (Lipinski definition) is 1. The number of benzene rings is 1. The van der Waals surface area contributed by atoms with Gasteiger partial charge in [0.15, 0.2) is 5.16 Å². The number of hydrogen-bond acceptors (Lipinski definition) is 5. The van der Waals surface area contributed by atoms with Gasteiger partial charge < -0.3 is 5.32 Å². The minimum atomic E-state index is -0.0701. The van der Waals surface area contributed by atoms with E-state index in [9.17, 15) is 4.79 Å². The average molecular weight is 298 g/mol. The molecule has 0 atom stereocenters. The first-order valence-electron chi connectivity index (χ1n) is 6.39. The Bertz CT molecular complexity index is 647. The number of carbonyl (C=O) groups is 1. The Kier molecular flexibility index (Phi) is 5.29. The highest BCUT2D eigenvalue weighted by atomic mass is 32.2. The minimum Gasteiger partial charge on any atom is -0.326 e. The van der Waals surface area contributed by atoms with Gasteiger partial charge >= 0.3 is 0 Å². The Balaban J connectivity index is 1.76. The maximum Gasteiger partial charge on any atom is 0.225 e. The van der Waals surface area contributed by atoms with Gasteiger partial charge in [-0.3, -0.25) is 4.79 Å². The van der Waals surface area contributed by atoms with Crippen LogP contribution in [0.5, 0.6) is 0 Å². The van der Waals surface area contributed by atoms with Gasteiger partial charge in [0.2, 0.25) is 5.91 Å². The van der Waals surface area contributed by atoms with Crippen LogP contribution in [-0.2, 0) is 4.79 Å². The average Bonchev–Trinajstić information content (AvgIpc) is 2.50. The Hall–Kier alpha value is -2.39. The van der Waals surface area contributed by atoms with E-state index < -0.39 is 0 Å². The molecule has 2 aromatic rings. The number of amides is 1. The first-order chi connectivity index (χ1) is 10.2. The second-order valence-corrected chi connectivity index (χ2v) is 5.44. The highest BCUT2D eigenvalue weighted by Crippen LogP contribution is 2.14. The number of anilines is 1. The molecule has 0 aliphatic heterocycles. The van der Waals surface area contributed by atoms with Crippen molar-refractivity contribution in [2.75, 3.05) is 11.1 Å². The predicted molar refractivity (Wildman–Crippen MR) is 81.9 cm³/mol. The molecule has 1 N–H and O–H groups in total. The Morgan fingerprint density at radius 3 is 2.57 bits per heavy atom. The maximum absolute atomic E-state index is 11.8. The Morgan fingerprint density at radius 1 is 1.29 bits per heavy atom. The van der Waals surface area contributed by atoms with Gasteiger partial charge in [0.25, 0.3) is 0 Å². The normalized spacial score (nSPS) is 9.90. The molecule has 0 spiro atoms. The first-order valence-corrected chi connectivity index (χ1v) is 7.37. The molecule has 1 amide bonds. The van der Waals surface area contributed by atoms with Crippen molar-refractivity contribution in [3.8, 4) is 6.07 Å². The molecule has 0 bridgehead atoms. The summed E-state index contributed by atoms with van der Waals surface area (Å²) < 4.78 is 0. The fraction of sp³-hybridized carbons (Fsp3) is 0.200. The van der Waals surface area contributed by atoms with Crippen molar-refractivity contribution in [3.05, 3.63) is 47.8 Å². The number of nitrogens with zero attached hydrogens (tertiary/aromatic N) is 3. The molecule has 1 aromatic heterocycles. The van der Waals surface area contributed by atoms with E-state index >= 15 is 0 Å². The standard InChI is InChI=1S/C15H14N4OS/c1-11-9-17-15(18-10-11)21-7-6-14(20)19-13-4-2-12(8-16)3-5-13/h2-5,9-10H,6-7H2,1H3,(H,19,20). The largest absolute Gasteiger partial charge is 0.326 e. The molecule has 0 radical (unpaired) electrons. The molecule has 106 valence electrons. The number of rotatable bonds is 5. The van der Waals surface area contributed by atoms with Gasteiger partial charge in [-0.25, -0.2) is 9.97 Å². The summed E-state index contributed by atoms with van der Waals surface area (Å²) in [5.41, 5.74) is 2.27. The molecule has 0 saturated carbocycles. The molecule has 0 unspecified atom stereocenters. The van der Waals surface area contributed by atoms with Crippen LogP contribution in [0.15, 0.2) is 41.8 Å². The minimum absolute atomic E-state index is 0.0701. The molecular formula is C15H14N4OS. The van der Waals surface area contributed by atoms with Crippen molar-refractivity contribution < 1.29 is 4.79 Å². The molecule has 21 heavy (non-hydrogen) atoms. The summed E-state index contributed by atoms with van der Waals surface area (Å²) in [7, 11) is 0. The predicted octanol–water partition coefficient (Wildman–Crippen LogP) is 2.78.